The van der Waals surface area contributed by atoms with Gasteiger partial charge >= 0.3 is 0 Å². The topological polar surface area (TPSA) is 40.7 Å². The summed E-state index contributed by atoms with van der Waals surface area (Å²) in [5, 5.41) is 10.0. The van der Waals surface area contributed by atoms with Crippen LogP contribution in [0.1, 0.15) is 18.4 Å². The maximum absolute atomic E-state index is 3.86. The Labute approximate surface area is 59.8 Å². The molecule has 0 unspecified atom stereocenters. The monoisotopic (exact) mass is 137 g/mol. The lowest BCUT2D eigenvalue weighted by Gasteiger charge is -1.96. The zero-order valence-corrected chi connectivity index (χ0v) is 5.80. The molecule has 3 heteroatoms. The van der Waals surface area contributed by atoms with E-state index in [1.165, 1.54) is 18.4 Å². The Morgan fingerprint density at radius 2 is 2.60 bits per heavy atom. The SMILES string of the molecule is c1n[nH]cc1CNC1CC1. The van der Waals surface area contributed by atoms with Crippen molar-refractivity contribution >= 4 is 0 Å². The second kappa shape index (κ2) is 2.42. The molecule has 0 amide bonds. The Morgan fingerprint density at radius 1 is 1.70 bits per heavy atom. The molecule has 0 saturated heterocycles. The fourth-order valence-corrected chi connectivity index (χ4v) is 0.924. The molecule has 2 N–H and O–H groups in total. The minimum absolute atomic E-state index is 0.787. The first-order chi connectivity index (χ1) is 4.95. The summed E-state index contributed by atoms with van der Waals surface area (Å²) < 4.78 is 0. The number of nitrogens with zero attached hydrogens (tertiary/aromatic N) is 1. The van der Waals surface area contributed by atoms with Gasteiger partial charge in [-0.15, -0.1) is 0 Å². The van der Waals surface area contributed by atoms with E-state index in [1.54, 1.807) is 0 Å². The van der Waals surface area contributed by atoms with Crippen LogP contribution in [0.2, 0.25) is 0 Å². The highest BCUT2D eigenvalue weighted by atomic mass is 15.1. The van der Waals surface area contributed by atoms with Gasteiger partial charge in [0, 0.05) is 24.3 Å². The number of aromatic amines is 1. The van der Waals surface area contributed by atoms with E-state index < -0.39 is 0 Å². The lowest BCUT2D eigenvalue weighted by molar-refractivity contribution is 0.688. The van der Waals surface area contributed by atoms with Crippen LogP contribution in [0, 0.1) is 0 Å². The summed E-state index contributed by atoms with van der Waals surface area (Å²) in [6.45, 7) is 0.959. The predicted molar refractivity (Wildman–Crippen MR) is 38.4 cm³/mol. The van der Waals surface area contributed by atoms with E-state index >= 15 is 0 Å². The summed E-state index contributed by atoms with van der Waals surface area (Å²) in [5.74, 6) is 0. The molecular formula is C7H11N3. The molecule has 1 aromatic heterocycles. The van der Waals surface area contributed by atoms with Gasteiger partial charge in [0.2, 0.25) is 0 Å². The normalized spacial score (nSPS) is 17.6. The highest BCUT2D eigenvalue weighted by Gasteiger charge is 2.19. The molecule has 1 saturated carbocycles. The number of rotatable bonds is 3. The number of aromatic nitrogens is 2. The smallest absolute Gasteiger partial charge is 0.0532 e. The Bertz CT molecular complexity index is 189. The van der Waals surface area contributed by atoms with E-state index in [4.69, 9.17) is 0 Å². The molecule has 2 rings (SSSR count). The lowest BCUT2D eigenvalue weighted by atomic mass is 10.3. The van der Waals surface area contributed by atoms with Gasteiger partial charge in [-0.1, -0.05) is 0 Å². The average Bonchev–Trinajstić information content (AvgIpc) is 2.63. The van der Waals surface area contributed by atoms with Crippen molar-refractivity contribution in [1.29, 1.82) is 0 Å². The Kier molecular flexibility index (Phi) is 1.43. The Morgan fingerprint density at radius 3 is 3.20 bits per heavy atom. The largest absolute Gasteiger partial charge is 0.310 e. The molecule has 0 spiro atoms. The van der Waals surface area contributed by atoms with Gasteiger partial charge in [-0.3, -0.25) is 5.10 Å². The first-order valence-corrected chi connectivity index (χ1v) is 3.66. The van der Waals surface area contributed by atoms with Crippen molar-refractivity contribution in [3.05, 3.63) is 18.0 Å². The van der Waals surface area contributed by atoms with Gasteiger partial charge in [0.25, 0.3) is 0 Å². The molecule has 1 aliphatic rings. The molecule has 3 nitrogen and oxygen atoms in total. The molecule has 1 fully saturated rings. The summed E-state index contributed by atoms with van der Waals surface area (Å²) in [7, 11) is 0. The average molecular weight is 137 g/mol. The molecule has 0 radical (unpaired) electrons. The van der Waals surface area contributed by atoms with Crippen molar-refractivity contribution in [3.8, 4) is 0 Å². The quantitative estimate of drug-likeness (QED) is 0.642. The van der Waals surface area contributed by atoms with Crippen LogP contribution in [0.5, 0.6) is 0 Å². The zero-order chi connectivity index (χ0) is 6.81. The molecule has 54 valence electrons. The van der Waals surface area contributed by atoms with Crippen LogP contribution in [0.4, 0.5) is 0 Å². The van der Waals surface area contributed by atoms with E-state index in [9.17, 15) is 0 Å². The fourth-order valence-electron chi connectivity index (χ4n) is 0.924. The van der Waals surface area contributed by atoms with Crippen molar-refractivity contribution in [2.45, 2.75) is 25.4 Å². The third-order valence-electron chi connectivity index (χ3n) is 1.73. The Balaban J connectivity index is 1.79. The van der Waals surface area contributed by atoms with E-state index in [0.29, 0.717) is 0 Å². The molecule has 1 aliphatic carbocycles. The number of nitrogens with one attached hydrogen (secondary N) is 2. The minimum atomic E-state index is 0.787. The molecule has 1 heterocycles. The fraction of sp³-hybridized carbons (Fsp3) is 0.571. The molecule has 0 aliphatic heterocycles. The van der Waals surface area contributed by atoms with Crippen molar-refractivity contribution in [2.24, 2.45) is 0 Å². The van der Waals surface area contributed by atoms with Crippen molar-refractivity contribution < 1.29 is 0 Å². The second-order valence-corrected chi connectivity index (χ2v) is 2.76. The standard InChI is InChI=1S/C7H11N3/c1-2-7(1)8-3-6-4-9-10-5-6/h4-5,7-8H,1-3H2,(H,9,10). The van der Waals surface area contributed by atoms with Gasteiger partial charge in [0.15, 0.2) is 0 Å². The van der Waals surface area contributed by atoms with Crippen LogP contribution in [0.3, 0.4) is 0 Å². The van der Waals surface area contributed by atoms with E-state index in [1.807, 2.05) is 12.4 Å². The number of hydrogen-bond acceptors (Lipinski definition) is 2. The second-order valence-electron chi connectivity index (χ2n) is 2.76. The Hall–Kier alpha value is -0.830. The van der Waals surface area contributed by atoms with Crippen LogP contribution in [0.25, 0.3) is 0 Å². The minimum Gasteiger partial charge on any atom is -0.310 e. The van der Waals surface area contributed by atoms with E-state index in [2.05, 4.69) is 15.5 Å². The van der Waals surface area contributed by atoms with Crippen LogP contribution in [-0.4, -0.2) is 16.2 Å². The summed E-state index contributed by atoms with van der Waals surface area (Å²) in [4.78, 5) is 0. The van der Waals surface area contributed by atoms with Gasteiger partial charge < -0.3 is 5.32 Å². The molecule has 0 aromatic carbocycles. The summed E-state index contributed by atoms with van der Waals surface area (Å²) in [6, 6.07) is 0.787. The van der Waals surface area contributed by atoms with Crippen LogP contribution >= 0.6 is 0 Å². The maximum atomic E-state index is 3.86. The highest BCUT2D eigenvalue weighted by Crippen LogP contribution is 2.18. The molecule has 0 bridgehead atoms. The third kappa shape index (κ3) is 1.36. The summed E-state index contributed by atoms with van der Waals surface area (Å²) in [6.07, 6.45) is 6.47. The van der Waals surface area contributed by atoms with Crippen molar-refractivity contribution in [3.63, 3.8) is 0 Å². The molecule has 10 heavy (non-hydrogen) atoms. The maximum Gasteiger partial charge on any atom is 0.0532 e. The zero-order valence-electron chi connectivity index (χ0n) is 5.80. The van der Waals surface area contributed by atoms with Gasteiger partial charge in [-0.05, 0) is 12.8 Å². The summed E-state index contributed by atoms with van der Waals surface area (Å²) in [5.41, 5.74) is 1.24. The van der Waals surface area contributed by atoms with Gasteiger partial charge in [0.05, 0.1) is 6.20 Å². The van der Waals surface area contributed by atoms with Gasteiger partial charge in [-0.25, -0.2) is 0 Å². The van der Waals surface area contributed by atoms with E-state index in [0.717, 1.165) is 12.6 Å². The molecule has 1 aromatic rings. The van der Waals surface area contributed by atoms with Crippen LogP contribution < -0.4 is 5.32 Å². The number of H-pyrrole nitrogens is 1. The third-order valence-corrected chi connectivity index (χ3v) is 1.73. The lowest BCUT2D eigenvalue weighted by Crippen LogP contribution is -2.14. The van der Waals surface area contributed by atoms with Crippen molar-refractivity contribution in [1.82, 2.24) is 15.5 Å². The predicted octanol–water partition coefficient (Wildman–Crippen LogP) is 0.662. The first kappa shape index (κ1) is 5.92. The van der Waals surface area contributed by atoms with Gasteiger partial charge in [-0.2, -0.15) is 5.10 Å². The molecular weight excluding hydrogens is 126 g/mol. The van der Waals surface area contributed by atoms with E-state index in [-0.39, 0.29) is 0 Å². The van der Waals surface area contributed by atoms with Crippen LogP contribution in [0.15, 0.2) is 12.4 Å². The first-order valence-electron chi connectivity index (χ1n) is 3.66. The van der Waals surface area contributed by atoms with Gasteiger partial charge in [0.1, 0.15) is 0 Å². The summed E-state index contributed by atoms with van der Waals surface area (Å²) >= 11 is 0. The highest BCUT2D eigenvalue weighted by molar-refractivity contribution is 5.02. The van der Waals surface area contributed by atoms with Crippen LogP contribution in [-0.2, 0) is 6.54 Å². The number of hydrogen-bond donors (Lipinski definition) is 2. The van der Waals surface area contributed by atoms with Crippen molar-refractivity contribution in [2.75, 3.05) is 0 Å². The molecule has 0 atom stereocenters.